The molecule has 0 bridgehead atoms. The smallest absolute Gasteiger partial charge is 0.239 e. The van der Waals surface area contributed by atoms with Gasteiger partial charge < -0.3 is 21.1 Å². The van der Waals surface area contributed by atoms with Crippen molar-refractivity contribution >= 4 is 11.8 Å². The minimum absolute atomic E-state index is 0.105. The topological polar surface area (TPSA) is 93.5 Å². The fraction of sp³-hybridized carbons (Fsp3) is 0.500. The Morgan fingerprint density at radius 2 is 1.78 bits per heavy atom. The van der Waals surface area contributed by atoms with Gasteiger partial charge in [0.15, 0.2) is 0 Å². The van der Waals surface area contributed by atoms with E-state index in [0.717, 1.165) is 18.4 Å². The third-order valence-corrected chi connectivity index (χ3v) is 4.16. The number of nitrogens with one attached hydrogen (secondary N) is 2. The summed E-state index contributed by atoms with van der Waals surface area (Å²) in [5, 5.41) is 5.27. The summed E-state index contributed by atoms with van der Waals surface area (Å²) in [5.74, 6) is -0.941. The fourth-order valence-corrected chi connectivity index (χ4v) is 2.71. The fourth-order valence-electron chi connectivity index (χ4n) is 2.71. The molecule has 0 saturated carbocycles. The van der Waals surface area contributed by atoms with Gasteiger partial charge in [-0.3, -0.25) is 9.59 Å². The van der Waals surface area contributed by atoms with Crippen molar-refractivity contribution in [2.45, 2.75) is 18.3 Å². The highest BCUT2D eigenvalue weighted by molar-refractivity contribution is 5.85. The Morgan fingerprint density at radius 3 is 2.39 bits per heavy atom. The Hall–Kier alpha value is -1.99. The van der Waals surface area contributed by atoms with Crippen LogP contribution in [0.2, 0.25) is 0 Å². The Balaban J connectivity index is 2.00. The third-order valence-electron chi connectivity index (χ3n) is 4.16. The zero-order valence-electron chi connectivity index (χ0n) is 12.9. The average molecular weight is 323 g/mol. The molecule has 1 saturated heterocycles. The van der Waals surface area contributed by atoms with Crippen LogP contribution in [-0.2, 0) is 19.7 Å². The van der Waals surface area contributed by atoms with E-state index < -0.39 is 0 Å². The lowest BCUT2D eigenvalue weighted by atomic mass is 9.74. The maximum absolute atomic E-state index is 13.2. The van der Waals surface area contributed by atoms with Crippen molar-refractivity contribution in [3.05, 3.63) is 35.6 Å². The van der Waals surface area contributed by atoms with Crippen molar-refractivity contribution in [1.29, 1.82) is 0 Å². The molecular weight excluding hydrogens is 301 g/mol. The van der Waals surface area contributed by atoms with Crippen LogP contribution in [0.15, 0.2) is 24.3 Å². The first-order valence-electron chi connectivity index (χ1n) is 7.63. The van der Waals surface area contributed by atoms with Gasteiger partial charge in [-0.25, -0.2) is 4.39 Å². The van der Waals surface area contributed by atoms with Gasteiger partial charge in [0.05, 0.1) is 13.1 Å². The Morgan fingerprint density at radius 1 is 1.13 bits per heavy atom. The highest BCUT2D eigenvalue weighted by Gasteiger charge is 2.34. The van der Waals surface area contributed by atoms with Crippen molar-refractivity contribution in [2.24, 2.45) is 5.73 Å². The van der Waals surface area contributed by atoms with E-state index in [4.69, 9.17) is 10.5 Å². The molecule has 1 fully saturated rings. The molecule has 7 heteroatoms. The molecule has 1 aliphatic rings. The van der Waals surface area contributed by atoms with Gasteiger partial charge in [-0.05, 0) is 30.5 Å². The highest BCUT2D eigenvalue weighted by Crippen LogP contribution is 2.34. The van der Waals surface area contributed by atoms with E-state index >= 15 is 0 Å². The molecule has 0 aromatic heterocycles. The van der Waals surface area contributed by atoms with Crippen LogP contribution in [-0.4, -0.2) is 44.7 Å². The average Bonchev–Trinajstić information content (AvgIpc) is 2.59. The second-order valence-electron chi connectivity index (χ2n) is 5.66. The standard InChI is InChI=1S/C16H22FN3O3/c17-13-3-1-12(2-4-13)16(5-7-23-8-6-16)11-20-15(22)10-19-14(21)9-18/h1-4H,5-11,18H2,(H,19,21)(H,20,22). The summed E-state index contributed by atoms with van der Waals surface area (Å²) in [6.45, 7) is 1.35. The molecule has 1 aromatic rings. The number of ether oxygens (including phenoxy) is 1. The van der Waals surface area contributed by atoms with E-state index in [0.29, 0.717) is 19.8 Å². The summed E-state index contributed by atoms with van der Waals surface area (Å²) in [7, 11) is 0. The molecule has 0 atom stereocenters. The zero-order chi connectivity index (χ0) is 16.7. The van der Waals surface area contributed by atoms with Crippen molar-refractivity contribution in [2.75, 3.05) is 32.8 Å². The number of nitrogens with two attached hydrogens (primary N) is 1. The maximum atomic E-state index is 13.2. The van der Waals surface area contributed by atoms with Gasteiger partial charge in [0, 0.05) is 25.2 Å². The van der Waals surface area contributed by atoms with Crippen molar-refractivity contribution in [3.8, 4) is 0 Å². The molecule has 6 nitrogen and oxygen atoms in total. The van der Waals surface area contributed by atoms with Crippen LogP contribution < -0.4 is 16.4 Å². The van der Waals surface area contributed by atoms with Crippen LogP contribution in [0.1, 0.15) is 18.4 Å². The number of halogens is 1. The van der Waals surface area contributed by atoms with E-state index in [-0.39, 0.29) is 36.1 Å². The molecule has 126 valence electrons. The summed E-state index contributed by atoms with van der Waals surface area (Å²) in [6.07, 6.45) is 1.49. The largest absolute Gasteiger partial charge is 0.381 e. The monoisotopic (exact) mass is 323 g/mol. The molecular formula is C16H22FN3O3. The first-order chi connectivity index (χ1) is 11.1. The van der Waals surface area contributed by atoms with E-state index in [1.54, 1.807) is 12.1 Å². The van der Waals surface area contributed by atoms with Gasteiger partial charge in [0.2, 0.25) is 11.8 Å². The molecule has 1 aliphatic heterocycles. The SMILES string of the molecule is NCC(=O)NCC(=O)NCC1(c2ccc(F)cc2)CCOCC1. The number of benzene rings is 1. The molecule has 2 amide bonds. The van der Waals surface area contributed by atoms with Gasteiger partial charge >= 0.3 is 0 Å². The number of carbonyl (C=O) groups excluding carboxylic acids is 2. The van der Waals surface area contributed by atoms with Gasteiger partial charge in [-0.2, -0.15) is 0 Å². The summed E-state index contributed by atoms with van der Waals surface area (Å²) in [4.78, 5) is 22.9. The quantitative estimate of drug-likeness (QED) is 0.690. The molecule has 0 spiro atoms. The molecule has 2 rings (SSSR count). The molecule has 1 aromatic carbocycles. The molecule has 0 radical (unpaired) electrons. The molecule has 0 aliphatic carbocycles. The molecule has 0 unspecified atom stereocenters. The lowest BCUT2D eigenvalue weighted by Crippen LogP contribution is -2.47. The van der Waals surface area contributed by atoms with Crippen LogP contribution in [0, 0.1) is 5.82 Å². The van der Waals surface area contributed by atoms with Crippen LogP contribution in [0.3, 0.4) is 0 Å². The van der Waals surface area contributed by atoms with Gasteiger partial charge in [0.1, 0.15) is 5.82 Å². The van der Waals surface area contributed by atoms with Gasteiger partial charge in [-0.15, -0.1) is 0 Å². The van der Waals surface area contributed by atoms with Crippen LogP contribution in [0.5, 0.6) is 0 Å². The molecule has 4 N–H and O–H groups in total. The predicted molar refractivity (Wildman–Crippen MR) is 83.2 cm³/mol. The highest BCUT2D eigenvalue weighted by atomic mass is 19.1. The third kappa shape index (κ3) is 4.74. The summed E-state index contributed by atoms with van der Waals surface area (Å²) in [5.41, 5.74) is 5.87. The second-order valence-corrected chi connectivity index (χ2v) is 5.66. The first kappa shape index (κ1) is 17.4. The molecule has 1 heterocycles. The van der Waals surface area contributed by atoms with E-state index in [1.807, 2.05) is 0 Å². The van der Waals surface area contributed by atoms with Crippen LogP contribution >= 0.6 is 0 Å². The van der Waals surface area contributed by atoms with E-state index in [2.05, 4.69) is 10.6 Å². The maximum Gasteiger partial charge on any atom is 0.239 e. The zero-order valence-corrected chi connectivity index (χ0v) is 12.9. The second kappa shape index (κ2) is 8.03. The van der Waals surface area contributed by atoms with Gasteiger partial charge in [-0.1, -0.05) is 12.1 Å². The summed E-state index contributed by atoms with van der Waals surface area (Å²) < 4.78 is 18.6. The number of hydrogen-bond acceptors (Lipinski definition) is 4. The van der Waals surface area contributed by atoms with E-state index in [1.165, 1.54) is 12.1 Å². The Kier molecular flexibility index (Phi) is 6.06. The normalized spacial score (nSPS) is 16.6. The Bertz CT molecular complexity index is 542. The van der Waals surface area contributed by atoms with Crippen LogP contribution in [0.25, 0.3) is 0 Å². The van der Waals surface area contributed by atoms with Crippen molar-refractivity contribution < 1.29 is 18.7 Å². The van der Waals surface area contributed by atoms with E-state index in [9.17, 15) is 14.0 Å². The number of amides is 2. The molecule has 23 heavy (non-hydrogen) atoms. The number of hydrogen-bond donors (Lipinski definition) is 3. The lowest BCUT2D eigenvalue weighted by Gasteiger charge is -2.38. The Labute approximate surface area is 134 Å². The summed E-state index contributed by atoms with van der Waals surface area (Å²) >= 11 is 0. The minimum Gasteiger partial charge on any atom is -0.381 e. The number of rotatable bonds is 6. The summed E-state index contributed by atoms with van der Waals surface area (Å²) in [6, 6.07) is 6.36. The van der Waals surface area contributed by atoms with Gasteiger partial charge in [0.25, 0.3) is 0 Å². The van der Waals surface area contributed by atoms with Crippen LogP contribution in [0.4, 0.5) is 4.39 Å². The minimum atomic E-state index is -0.375. The number of carbonyl (C=O) groups is 2. The van der Waals surface area contributed by atoms with Crippen molar-refractivity contribution in [1.82, 2.24) is 10.6 Å². The lowest BCUT2D eigenvalue weighted by molar-refractivity contribution is -0.125. The predicted octanol–water partition coefficient (Wildman–Crippen LogP) is 0.0650. The van der Waals surface area contributed by atoms with Crippen molar-refractivity contribution in [3.63, 3.8) is 0 Å². The first-order valence-corrected chi connectivity index (χ1v) is 7.63.